The van der Waals surface area contributed by atoms with Crippen molar-refractivity contribution in [1.82, 2.24) is 20.3 Å². The standard InChI is InChI=1S/C16H16F4N4O3/c17-10-5-4-6-11(9-10)24-14(16(18,19)20)13(22-23-24)15(27)21-8-3-1-2-7-12(25)26/h4-6,9H,1-3,7-8H2,(H,21,27)(H,25,26). The van der Waals surface area contributed by atoms with Crippen molar-refractivity contribution in [2.45, 2.75) is 31.9 Å². The van der Waals surface area contributed by atoms with Gasteiger partial charge >= 0.3 is 12.1 Å². The first-order chi connectivity index (χ1) is 12.7. The minimum atomic E-state index is -4.94. The number of carboxylic acids is 1. The number of nitrogens with one attached hydrogen (secondary N) is 1. The molecular formula is C16H16F4N4O3. The number of nitrogens with zero attached hydrogens (tertiary/aromatic N) is 3. The minimum Gasteiger partial charge on any atom is -0.481 e. The van der Waals surface area contributed by atoms with Crippen LogP contribution in [0.5, 0.6) is 0 Å². The summed E-state index contributed by atoms with van der Waals surface area (Å²) in [5.41, 5.74) is -2.55. The van der Waals surface area contributed by atoms with E-state index in [2.05, 4.69) is 15.6 Å². The number of hydrogen-bond donors (Lipinski definition) is 2. The fourth-order valence-corrected chi connectivity index (χ4v) is 2.34. The summed E-state index contributed by atoms with van der Waals surface area (Å²) >= 11 is 0. The maximum atomic E-state index is 13.4. The second-order valence-electron chi connectivity index (χ2n) is 5.64. The first-order valence-electron chi connectivity index (χ1n) is 7.99. The van der Waals surface area contributed by atoms with Crippen LogP contribution in [-0.4, -0.2) is 38.5 Å². The topological polar surface area (TPSA) is 97.1 Å². The molecule has 2 aromatic rings. The highest BCUT2D eigenvalue weighted by atomic mass is 19.4. The Morgan fingerprint density at radius 3 is 2.56 bits per heavy atom. The second-order valence-corrected chi connectivity index (χ2v) is 5.64. The molecule has 0 aliphatic heterocycles. The summed E-state index contributed by atoms with van der Waals surface area (Å²) in [6.07, 6.45) is -3.67. The number of rotatable bonds is 8. The largest absolute Gasteiger partial charge is 0.481 e. The van der Waals surface area contributed by atoms with Gasteiger partial charge in [-0.15, -0.1) is 5.10 Å². The lowest BCUT2D eigenvalue weighted by Gasteiger charge is -2.11. The number of unbranched alkanes of at least 4 members (excludes halogenated alkanes) is 2. The average Bonchev–Trinajstić information content (AvgIpc) is 3.03. The summed E-state index contributed by atoms with van der Waals surface area (Å²) in [6.45, 7) is 0.0581. The molecule has 1 aromatic heterocycles. The van der Waals surface area contributed by atoms with E-state index >= 15 is 0 Å². The number of hydrogen-bond acceptors (Lipinski definition) is 4. The van der Waals surface area contributed by atoms with Crippen LogP contribution < -0.4 is 5.32 Å². The van der Waals surface area contributed by atoms with E-state index in [1.54, 1.807) is 0 Å². The van der Waals surface area contributed by atoms with Crippen LogP contribution in [0.3, 0.4) is 0 Å². The molecule has 0 radical (unpaired) electrons. The van der Waals surface area contributed by atoms with E-state index in [0.29, 0.717) is 23.9 Å². The predicted molar refractivity (Wildman–Crippen MR) is 84.8 cm³/mol. The molecule has 1 amide bonds. The molecule has 1 aromatic carbocycles. The van der Waals surface area contributed by atoms with E-state index in [-0.39, 0.29) is 18.7 Å². The summed E-state index contributed by atoms with van der Waals surface area (Å²) in [7, 11) is 0. The zero-order valence-corrected chi connectivity index (χ0v) is 14.0. The zero-order valence-electron chi connectivity index (χ0n) is 14.0. The second kappa shape index (κ2) is 8.60. The van der Waals surface area contributed by atoms with Crippen LogP contribution in [0.1, 0.15) is 41.9 Å². The van der Waals surface area contributed by atoms with E-state index < -0.39 is 35.3 Å². The van der Waals surface area contributed by atoms with Crippen molar-refractivity contribution in [3.8, 4) is 5.69 Å². The van der Waals surface area contributed by atoms with Gasteiger partial charge in [-0.3, -0.25) is 9.59 Å². The Bertz CT molecular complexity index is 820. The van der Waals surface area contributed by atoms with Crippen molar-refractivity contribution >= 4 is 11.9 Å². The van der Waals surface area contributed by atoms with Crippen molar-refractivity contribution in [2.75, 3.05) is 6.54 Å². The number of carbonyl (C=O) groups excluding carboxylic acids is 1. The fraction of sp³-hybridized carbons (Fsp3) is 0.375. The van der Waals surface area contributed by atoms with Crippen molar-refractivity contribution in [3.05, 3.63) is 41.5 Å². The van der Waals surface area contributed by atoms with Crippen molar-refractivity contribution in [1.29, 1.82) is 0 Å². The maximum Gasteiger partial charge on any atom is 0.435 e. The van der Waals surface area contributed by atoms with Crippen molar-refractivity contribution < 1.29 is 32.3 Å². The molecule has 0 aliphatic rings. The molecule has 2 rings (SSSR count). The Balaban J connectivity index is 2.12. The first kappa shape index (κ1) is 20.3. The normalized spacial score (nSPS) is 11.4. The number of halogens is 4. The number of aliphatic carboxylic acids is 1. The number of amides is 1. The third-order valence-corrected chi connectivity index (χ3v) is 3.56. The Morgan fingerprint density at radius 1 is 1.19 bits per heavy atom. The van der Waals surface area contributed by atoms with Crippen molar-refractivity contribution in [2.24, 2.45) is 0 Å². The third kappa shape index (κ3) is 5.50. The highest BCUT2D eigenvalue weighted by Crippen LogP contribution is 2.32. The summed E-state index contributed by atoms with van der Waals surface area (Å²) in [4.78, 5) is 22.4. The van der Waals surface area contributed by atoms with Crippen LogP contribution in [-0.2, 0) is 11.0 Å². The molecular weight excluding hydrogens is 372 g/mol. The molecule has 0 bridgehead atoms. The molecule has 0 aliphatic carbocycles. The Kier molecular flexibility index (Phi) is 6.48. The van der Waals surface area contributed by atoms with Gasteiger partial charge in [0.25, 0.3) is 5.91 Å². The molecule has 0 saturated heterocycles. The predicted octanol–water partition coefficient (Wildman–Crippen LogP) is 2.80. The van der Waals surface area contributed by atoms with Crippen LogP contribution in [0.25, 0.3) is 5.69 Å². The molecule has 7 nitrogen and oxygen atoms in total. The highest BCUT2D eigenvalue weighted by molar-refractivity contribution is 5.93. The monoisotopic (exact) mass is 388 g/mol. The van der Waals surface area contributed by atoms with Gasteiger partial charge in [0.2, 0.25) is 0 Å². The van der Waals surface area contributed by atoms with Crippen LogP contribution in [0.4, 0.5) is 17.6 Å². The van der Waals surface area contributed by atoms with Crippen LogP contribution in [0, 0.1) is 5.82 Å². The van der Waals surface area contributed by atoms with Gasteiger partial charge in [-0.25, -0.2) is 9.07 Å². The molecule has 146 valence electrons. The lowest BCUT2D eigenvalue weighted by molar-refractivity contribution is -0.143. The van der Waals surface area contributed by atoms with Gasteiger partial charge in [0.15, 0.2) is 11.4 Å². The number of benzene rings is 1. The smallest absolute Gasteiger partial charge is 0.435 e. The van der Waals surface area contributed by atoms with Gasteiger partial charge in [-0.2, -0.15) is 13.2 Å². The highest BCUT2D eigenvalue weighted by Gasteiger charge is 2.42. The molecule has 1 heterocycles. The van der Waals surface area contributed by atoms with E-state index in [1.807, 2.05) is 0 Å². The van der Waals surface area contributed by atoms with Gasteiger partial charge < -0.3 is 10.4 Å². The van der Waals surface area contributed by atoms with Gasteiger partial charge in [0, 0.05) is 13.0 Å². The lowest BCUT2D eigenvalue weighted by atomic mass is 10.2. The molecule has 2 N–H and O–H groups in total. The number of carbonyl (C=O) groups is 2. The van der Waals surface area contributed by atoms with Gasteiger partial charge in [0.05, 0.1) is 5.69 Å². The number of aromatic nitrogens is 3. The minimum absolute atomic E-state index is 0.0197. The fourth-order valence-electron chi connectivity index (χ4n) is 2.34. The maximum absolute atomic E-state index is 13.4. The molecule has 0 atom stereocenters. The molecule has 11 heteroatoms. The van der Waals surface area contributed by atoms with E-state index in [1.165, 1.54) is 12.1 Å². The number of alkyl halides is 3. The SMILES string of the molecule is O=C(O)CCCCCNC(=O)c1nnn(-c2cccc(F)c2)c1C(F)(F)F. The summed E-state index contributed by atoms with van der Waals surface area (Å²) < 4.78 is 53.9. The van der Waals surface area contributed by atoms with Crippen LogP contribution in [0.15, 0.2) is 24.3 Å². The Labute approximate surface area is 151 Å². The molecule has 0 fully saturated rings. The van der Waals surface area contributed by atoms with Crippen molar-refractivity contribution in [3.63, 3.8) is 0 Å². The zero-order chi connectivity index (χ0) is 20.0. The summed E-state index contributed by atoms with van der Waals surface area (Å²) in [6, 6.07) is 4.32. The Morgan fingerprint density at radius 2 is 1.93 bits per heavy atom. The van der Waals surface area contributed by atoms with Gasteiger partial charge in [0.1, 0.15) is 5.82 Å². The van der Waals surface area contributed by atoms with Gasteiger partial charge in [-0.1, -0.05) is 17.7 Å². The lowest BCUT2D eigenvalue weighted by Crippen LogP contribution is -2.28. The van der Waals surface area contributed by atoms with Crippen LogP contribution in [0.2, 0.25) is 0 Å². The number of carboxylic acid groups (broad SMARTS) is 1. The third-order valence-electron chi connectivity index (χ3n) is 3.56. The molecule has 0 spiro atoms. The van der Waals surface area contributed by atoms with Gasteiger partial charge in [-0.05, 0) is 31.0 Å². The van der Waals surface area contributed by atoms with E-state index in [0.717, 1.165) is 12.1 Å². The Hall–Kier alpha value is -2.98. The average molecular weight is 388 g/mol. The molecule has 0 saturated carbocycles. The summed E-state index contributed by atoms with van der Waals surface area (Å²) in [5, 5.41) is 17.5. The molecule has 0 unspecified atom stereocenters. The van der Waals surface area contributed by atoms with Crippen LogP contribution >= 0.6 is 0 Å². The quantitative estimate of drug-likeness (QED) is 0.535. The first-order valence-corrected chi connectivity index (χ1v) is 7.99. The summed E-state index contributed by atoms with van der Waals surface area (Å²) in [5.74, 6) is -2.77. The van der Waals surface area contributed by atoms with E-state index in [9.17, 15) is 27.2 Å². The van der Waals surface area contributed by atoms with E-state index in [4.69, 9.17) is 5.11 Å². The molecule has 27 heavy (non-hydrogen) atoms.